The summed E-state index contributed by atoms with van der Waals surface area (Å²) in [6.07, 6.45) is 4.96. The Morgan fingerprint density at radius 1 is 1.40 bits per heavy atom. The first kappa shape index (κ1) is 12.2. The normalized spacial score (nSPS) is 15.1. The van der Waals surface area contributed by atoms with Crippen LogP contribution in [-0.4, -0.2) is 30.2 Å². The average Bonchev–Trinajstić information content (AvgIpc) is 3.05. The van der Waals surface area contributed by atoms with Gasteiger partial charge in [0.05, 0.1) is 6.04 Å². The molecule has 0 amide bonds. The van der Waals surface area contributed by atoms with Crippen molar-refractivity contribution in [3.8, 4) is 0 Å². The van der Waals surface area contributed by atoms with Crippen LogP contribution in [0.3, 0.4) is 0 Å². The largest absolute Gasteiger partial charge is 0.229 e. The van der Waals surface area contributed by atoms with E-state index >= 15 is 0 Å². The fraction of sp³-hybridized carbons (Fsp3) is 0.417. The van der Waals surface area contributed by atoms with E-state index in [1.807, 2.05) is 4.68 Å². The number of hydrogen-bond acceptors (Lipinski definition) is 7. The zero-order valence-corrected chi connectivity index (χ0v) is 12.5. The van der Waals surface area contributed by atoms with Crippen LogP contribution in [0.15, 0.2) is 22.6 Å². The maximum absolute atomic E-state index is 4.40. The number of hydrogen-bond donors (Lipinski definition) is 0. The lowest BCUT2D eigenvalue weighted by atomic mass is 10.3. The third-order valence-corrected chi connectivity index (χ3v) is 5.39. The van der Waals surface area contributed by atoms with Gasteiger partial charge in [0.15, 0.2) is 0 Å². The molecule has 4 rings (SSSR count). The van der Waals surface area contributed by atoms with Gasteiger partial charge in [-0.15, -0.1) is 16.4 Å². The fourth-order valence-electron chi connectivity index (χ4n) is 2.03. The van der Waals surface area contributed by atoms with Gasteiger partial charge < -0.3 is 0 Å². The van der Waals surface area contributed by atoms with Gasteiger partial charge in [0.1, 0.15) is 16.2 Å². The van der Waals surface area contributed by atoms with Crippen LogP contribution in [0.2, 0.25) is 0 Å². The van der Waals surface area contributed by atoms with E-state index in [4.69, 9.17) is 0 Å². The van der Waals surface area contributed by atoms with E-state index in [0.717, 1.165) is 39.7 Å². The van der Waals surface area contributed by atoms with Gasteiger partial charge >= 0.3 is 0 Å². The second-order valence-corrected chi connectivity index (χ2v) is 6.77. The standard InChI is InChI=1S/C12H12N6S2/c1-2-8-5-9-10(19-8)13-6-14-11(9)20-12-15-16-17-18(12)7-3-4-7/h5-7H,2-4H2,1H3. The smallest absolute Gasteiger partial charge is 0.215 e. The first-order chi connectivity index (χ1) is 9.85. The van der Waals surface area contributed by atoms with E-state index < -0.39 is 0 Å². The van der Waals surface area contributed by atoms with Crippen LogP contribution in [0.4, 0.5) is 0 Å². The molecule has 0 aromatic carbocycles. The minimum Gasteiger partial charge on any atom is -0.229 e. The summed E-state index contributed by atoms with van der Waals surface area (Å²) in [6.45, 7) is 2.15. The van der Waals surface area contributed by atoms with E-state index in [0.29, 0.717) is 6.04 Å². The molecule has 0 radical (unpaired) electrons. The summed E-state index contributed by atoms with van der Waals surface area (Å²) in [5.74, 6) is 0. The highest BCUT2D eigenvalue weighted by Gasteiger charge is 2.28. The van der Waals surface area contributed by atoms with Crippen molar-refractivity contribution in [3.63, 3.8) is 0 Å². The molecule has 0 N–H and O–H groups in total. The molecule has 0 atom stereocenters. The molecule has 0 spiro atoms. The van der Waals surface area contributed by atoms with E-state index in [9.17, 15) is 0 Å². The molecule has 1 saturated carbocycles. The number of aromatic nitrogens is 6. The van der Waals surface area contributed by atoms with Gasteiger partial charge in [-0.25, -0.2) is 14.6 Å². The Morgan fingerprint density at radius 3 is 3.10 bits per heavy atom. The fourth-order valence-corrected chi connectivity index (χ4v) is 3.92. The third-order valence-electron chi connectivity index (χ3n) is 3.24. The topological polar surface area (TPSA) is 69.4 Å². The summed E-state index contributed by atoms with van der Waals surface area (Å²) in [7, 11) is 0. The lowest BCUT2D eigenvalue weighted by molar-refractivity contribution is 0.565. The molecular formula is C12H12N6S2. The quantitative estimate of drug-likeness (QED) is 0.690. The molecule has 1 aliphatic carbocycles. The van der Waals surface area contributed by atoms with Gasteiger partial charge in [-0.1, -0.05) is 6.92 Å². The van der Waals surface area contributed by atoms with Crippen molar-refractivity contribution in [1.82, 2.24) is 30.2 Å². The van der Waals surface area contributed by atoms with Crippen LogP contribution in [-0.2, 0) is 6.42 Å². The van der Waals surface area contributed by atoms with Gasteiger partial charge in [0.2, 0.25) is 5.16 Å². The molecule has 3 aromatic heterocycles. The second kappa shape index (κ2) is 4.78. The van der Waals surface area contributed by atoms with Crippen molar-refractivity contribution in [2.45, 2.75) is 42.4 Å². The lowest BCUT2D eigenvalue weighted by Gasteiger charge is -2.02. The van der Waals surface area contributed by atoms with E-state index in [1.165, 1.54) is 16.6 Å². The molecule has 3 aromatic rings. The van der Waals surface area contributed by atoms with Crippen LogP contribution in [0.25, 0.3) is 10.2 Å². The molecule has 1 fully saturated rings. The third kappa shape index (κ3) is 2.08. The van der Waals surface area contributed by atoms with Crippen molar-refractivity contribution in [1.29, 1.82) is 0 Å². The molecule has 8 heteroatoms. The monoisotopic (exact) mass is 304 g/mol. The number of rotatable bonds is 4. The first-order valence-electron chi connectivity index (χ1n) is 6.54. The van der Waals surface area contributed by atoms with Crippen molar-refractivity contribution in [2.24, 2.45) is 0 Å². The molecular weight excluding hydrogens is 292 g/mol. The van der Waals surface area contributed by atoms with Gasteiger partial charge in [-0.2, -0.15) is 0 Å². The Labute approximate surface area is 123 Å². The molecule has 0 bridgehead atoms. The molecule has 0 unspecified atom stereocenters. The maximum atomic E-state index is 4.40. The molecule has 1 aliphatic rings. The van der Waals surface area contributed by atoms with Gasteiger partial charge in [0.25, 0.3) is 0 Å². The number of nitrogens with zero attached hydrogens (tertiary/aromatic N) is 6. The minimum atomic E-state index is 0.471. The van der Waals surface area contributed by atoms with Gasteiger partial charge in [0, 0.05) is 10.3 Å². The maximum Gasteiger partial charge on any atom is 0.215 e. The van der Waals surface area contributed by atoms with Gasteiger partial charge in [-0.3, -0.25) is 0 Å². The Morgan fingerprint density at radius 2 is 2.30 bits per heavy atom. The Bertz CT molecular complexity index is 760. The van der Waals surface area contributed by atoms with Crippen LogP contribution in [0.1, 0.15) is 30.7 Å². The SMILES string of the molecule is CCc1cc2c(Sc3nnnn3C3CC3)ncnc2s1. The molecule has 3 heterocycles. The highest BCUT2D eigenvalue weighted by Crippen LogP contribution is 2.39. The van der Waals surface area contributed by atoms with Crippen LogP contribution < -0.4 is 0 Å². The summed E-state index contributed by atoms with van der Waals surface area (Å²) in [6, 6.07) is 2.65. The average molecular weight is 304 g/mol. The van der Waals surface area contributed by atoms with Crippen LogP contribution in [0, 0.1) is 0 Å². The van der Waals surface area contributed by atoms with Crippen molar-refractivity contribution < 1.29 is 0 Å². The molecule has 6 nitrogen and oxygen atoms in total. The highest BCUT2D eigenvalue weighted by atomic mass is 32.2. The van der Waals surface area contributed by atoms with E-state index in [-0.39, 0.29) is 0 Å². The van der Waals surface area contributed by atoms with Crippen LogP contribution in [0.5, 0.6) is 0 Å². The molecule has 0 saturated heterocycles. The Balaban J connectivity index is 1.74. The van der Waals surface area contributed by atoms with E-state index in [1.54, 1.807) is 17.7 Å². The highest BCUT2D eigenvalue weighted by molar-refractivity contribution is 7.99. The Hall–Kier alpha value is -1.54. The summed E-state index contributed by atoms with van der Waals surface area (Å²) >= 11 is 3.25. The summed E-state index contributed by atoms with van der Waals surface area (Å²) in [4.78, 5) is 11.1. The zero-order chi connectivity index (χ0) is 13.5. The number of tetrazole rings is 1. The van der Waals surface area contributed by atoms with Crippen LogP contribution >= 0.6 is 23.1 Å². The van der Waals surface area contributed by atoms with Crippen molar-refractivity contribution in [3.05, 3.63) is 17.3 Å². The second-order valence-electron chi connectivity index (χ2n) is 4.70. The number of fused-ring (bicyclic) bond motifs is 1. The Kier molecular flexibility index (Phi) is 2.92. The summed E-state index contributed by atoms with van der Waals surface area (Å²) in [5.41, 5.74) is 0. The molecule has 0 aliphatic heterocycles. The first-order valence-corrected chi connectivity index (χ1v) is 8.17. The van der Waals surface area contributed by atoms with E-state index in [2.05, 4.69) is 38.5 Å². The predicted molar refractivity (Wildman–Crippen MR) is 77.0 cm³/mol. The summed E-state index contributed by atoms with van der Waals surface area (Å²) < 4.78 is 1.91. The number of aryl methyl sites for hydroxylation is 1. The molecule has 20 heavy (non-hydrogen) atoms. The zero-order valence-electron chi connectivity index (χ0n) is 10.9. The number of thiophene rings is 1. The minimum absolute atomic E-state index is 0.471. The predicted octanol–water partition coefficient (Wildman–Crippen LogP) is 2.73. The van der Waals surface area contributed by atoms with Crippen molar-refractivity contribution in [2.75, 3.05) is 0 Å². The van der Waals surface area contributed by atoms with Crippen molar-refractivity contribution >= 4 is 33.3 Å². The summed E-state index contributed by atoms with van der Waals surface area (Å²) in [5, 5.41) is 14.8. The van der Waals surface area contributed by atoms with Gasteiger partial charge in [-0.05, 0) is 47.5 Å². The molecule has 102 valence electrons. The lowest BCUT2D eigenvalue weighted by Crippen LogP contribution is -1.98.